The maximum atomic E-state index is 5.85. The molecule has 0 saturated heterocycles. The van der Waals surface area contributed by atoms with Crippen LogP contribution in [0.25, 0.3) is 0 Å². The van der Waals surface area contributed by atoms with Gasteiger partial charge in [-0.2, -0.15) is 0 Å². The molecule has 0 fully saturated rings. The van der Waals surface area contributed by atoms with Crippen LogP contribution >= 0.6 is 11.6 Å². The predicted molar refractivity (Wildman–Crippen MR) is 75.7 cm³/mol. The van der Waals surface area contributed by atoms with Crippen molar-refractivity contribution in [1.29, 1.82) is 0 Å². The second-order valence-corrected chi connectivity index (χ2v) is 5.09. The van der Waals surface area contributed by atoms with Crippen LogP contribution in [0.3, 0.4) is 0 Å². The molecule has 0 unspecified atom stereocenters. The molecule has 0 aliphatic heterocycles. The molecule has 0 atom stereocenters. The van der Waals surface area contributed by atoms with Gasteiger partial charge in [-0.3, -0.25) is 0 Å². The summed E-state index contributed by atoms with van der Waals surface area (Å²) in [6, 6.07) is 16.3. The molecule has 0 aromatic heterocycles. The largest absolute Gasteiger partial charge is 0.0938 e. The predicted octanol–water partition coefficient (Wildman–Crippen LogP) is 4.11. The third kappa shape index (κ3) is 2.42. The van der Waals surface area contributed by atoms with E-state index in [0.717, 1.165) is 23.4 Å². The third-order valence-electron chi connectivity index (χ3n) is 3.32. The van der Waals surface area contributed by atoms with Crippen LogP contribution in [-0.2, 0) is 12.8 Å². The van der Waals surface area contributed by atoms with Gasteiger partial charge in [0.25, 0.3) is 0 Å². The minimum Gasteiger partial charge on any atom is -0.0938 e. The van der Waals surface area contributed by atoms with Crippen molar-refractivity contribution in [2.75, 3.05) is 0 Å². The minimum atomic E-state index is 0.457. The lowest BCUT2D eigenvalue weighted by atomic mass is 10.1. The number of hydrogen-bond donors (Lipinski definition) is 0. The van der Waals surface area contributed by atoms with Crippen molar-refractivity contribution in [3.8, 4) is 11.8 Å². The van der Waals surface area contributed by atoms with Crippen LogP contribution in [0.5, 0.6) is 0 Å². The molecule has 0 amide bonds. The van der Waals surface area contributed by atoms with Gasteiger partial charge < -0.3 is 0 Å². The van der Waals surface area contributed by atoms with Crippen LogP contribution in [0.15, 0.2) is 48.5 Å². The van der Waals surface area contributed by atoms with Gasteiger partial charge in [-0.1, -0.05) is 47.7 Å². The molecule has 3 rings (SSSR count). The highest BCUT2D eigenvalue weighted by Gasteiger charge is 2.18. The van der Waals surface area contributed by atoms with Crippen molar-refractivity contribution in [1.82, 2.24) is 0 Å². The van der Waals surface area contributed by atoms with Gasteiger partial charge in [0.2, 0.25) is 0 Å². The lowest BCUT2D eigenvalue weighted by molar-refractivity contribution is 0.731. The SMILES string of the molecule is Clc1ccc(C#CC2Cc3ccccc3C2)cc1. The maximum Gasteiger partial charge on any atom is 0.0406 e. The van der Waals surface area contributed by atoms with E-state index < -0.39 is 0 Å². The van der Waals surface area contributed by atoms with E-state index in [1.807, 2.05) is 24.3 Å². The molecule has 0 heterocycles. The summed E-state index contributed by atoms with van der Waals surface area (Å²) in [5, 5.41) is 0.758. The number of halogens is 1. The number of rotatable bonds is 0. The summed E-state index contributed by atoms with van der Waals surface area (Å²) in [5.74, 6) is 7.07. The van der Waals surface area contributed by atoms with Crippen molar-refractivity contribution in [3.63, 3.8) is 0 Å². The quantitative estimate of drug-likeness (QED) is 0.619. The molecule has 1 aliphatic carbocycles. The van der Waals surface area contributed by atoms with Gasteiger partial charge in [-0.05, 0) is 48.2 Å². The van der Waals surface area contributed by atoms with E-state index in [4.69, 9.17) is 11.6 Å². The lowest BCUT2D eigenvalue weighted by Crippen LogP contribution is -1.94. The average Bonchev–Trinajstić information content (AvgIpc) is 2.81. The summed E-state index contributed by atoms with van der Waals surface area (Å²) in [6.45, 7) is 0. The molecular weight excluding hydrogens is 240 g/mol. The third-order valence-corrected chi connectivity index (χ3v) is 3.57. The molecule has 18 heavy (non-hydrogen) atoms. The molecule has 0 radical (unpaired) electrons. The van der Waals surface area contributed by atoms with Gasteiger partial charge >= 0.3 is 0 Å². The second-order valence-electron chi connectivity index (χ2n) is 4.65. The summed E-state index contributed by atoms with van der Waals surface area (Å²) >= 11 is 5.85. The molecule has 0 spiro atoms. The van der Waals surface area contributed by atoms with Gasteiger partial charge in [0.05, 0.1) is 0 Å². The fraction of sp³-hybridized carbons (Fsp3) is 0.176. The monoisotopic (exact) mass is 252 g/mol. The zero-order valence-electron chi connectivity index (χ0n) is 9.99. The van der Waals surface area contributed by atoms with E-state index in [1.165, 1.54) is 11.1 Å². The lowest BCUT2D eigenvalue weighted by Gasteiger charge is -1.96. The summed E-state index contributed by atoms with van der Waals surface area (Å²) in [5.41, 5.74) is 3.94. The Morgan fingerprint density at radius 3 is 2.11 bits per heavy atom. The van der Waals surface area contributed by atoms with Crippen molar-refractivity contribution in [2.45, 2.75) is 12.8 Å². The van der Waals surface area contributed by atoms with Gasteiger partial charge in [0, 0.05) is 16.5 Å². The summed E-state index contributed by atoms with van der Waals surface area (Å²) in [7, 11) is 0. The van der Waals surface area contributed by atoms with Crippen molar-refractivity contribution >= 4 is 11.6 Å². The molecule has 0 N–H and O–H groups in total. The Morgan fingerprint density at radius 1 is 0.889 bits per heavy atom. The van der Waals surface area contributed by atoms with Crippen LogP contribution in [-0.4, -0.2) is 0 Å². The van der Waals surface area contributed by atoms with E-state index in [-0.39, 0.29) is 0 Å². The van der Waals surface area contributed by atoms with Crippen LogP contribution in [0.4, 0.5) is 0 Å². The van der Waals surface area contributed by atoms with E-state index in [1.54, 1.807) is 0 Å². The number of hydrogen-bond acceptors (Lipinski definition) is 0. The smallest absolute Gasteiger partial charge is 0.0406 e. The average molecular weight is 253 g/mol. The zero-order valence-corrected chi connectivity index (χ0v) is 10.7. The highest BCUT2D eigenvalue weighted by atomic mass is 35.5. The molecule has 2 aromatic rings. The van der Waals surface area contributed by atoms with Crippen molar-refractivity contribution < 1.29 is 0 Å². The summed E-state index contributed by atoms with van der Waals surface area (Å²) in [4.78, 5) is 0. The molecule has 2 aromatic carbocycles. The maximum absolute atomic E-state index is 5.85. The van der Waals surface area contributed by atoms with Gasteiger partial charge in [0.1, 0.15) is 0 Å². The zero-order chi connectivity index (χ0) is 12.4. The normalized spacial score (nSPS) is 13.8. The van der Waals surface area contributed by atoms with E-state index in [0.29, 0.717) is 5.92 Å². The van der Waals surface area contributed by atoms with Crippen LogP contribution in [0.2, 0.25) is 5.02 Å². The van der Waals surface area contributed by atoms with E-state index in [9.17, 15) is 0 Å². The molecule has 88 valence electrons. The number of fused-ring (bicyclic) bond motifs is 1. The molecule has 1 aliphatic rings. The van der Waals surface area contributed by atoms with Crippen LogP contribution < -0.4 is 0 Å². The Morgan fingerprint density at radius 2 is 1.50 bits per heavy atom. The Labute approximate surface area is 113 Å². The molecule has 1 heteroatoms. The molecule has 0 bridgehead atoms. The topological polar surface area (TPSA) is 0 Å². The highest BCUT2D eigenvalue weighted by molar-refractivity contribution is 6.30. The first-order valence-electron chi connectivity index (χ1n) is 6.15. The van der Waals surface area contributed by atoms with Gasteiger partial charge in [0.15, 0.2) is 0 Å². The van der Waals surface area contributed by atoms with Crippen LogP contribution in [0.1, 0.15) is 16.7 Å². The highest BCUT2D eigenvalue weighted by Crippen LogP contribution is 2.25. The first-order chi connectivity index (χ1) is 8.81. The van der Waals surface area contributed by atoms with Gasteiger partial charge in [-0.25, -0.2) is 0 Å². The fourth-order valence-corrected chi connectivity index (χ4v) is 2.51. The second kappa shape index (κ2) is 4.88. The molecule has 0 nitrogen and oxygen atoms in total. The van der Waals surface area contributed by atoms with Crippen LogP contribution in [0, 0.1) is 17.8 Å². The Balaban J connectivity index is 1.75. The van der Waals surface area contributed by atoms with Crippen molar-refractivity contribution in [2.24, 2.45) is 5.92 Å². The van der Waals surface area contributed by atoms with E-state index >= 15 is 0 Å². The molecule has 0 saturated carbocycles. The Kier molecular flexibility index (Phi) is 3.09. The Bertz CT molecular complexity index is 589. The Hall–Kier alpha value is -1.71. The standard InChI is InChI=1S/C17H13Cl/c18-17-9-7-13(8-10-17)5-6-14-11-15-3-1-2-4-16(15)12-14/h1-4,7-10,14H,11-12H2. The first kappa shape index (κ1) is 11.4. The summed E-state index contributed by atoms with van der Waals surface area (Å²) in [6.07, 6.45) is 2.16. The fourth-order valence-electron chi connectivity index (χ4n) is 2.38. The summed E-state index contributed by atoms with van der Waals surface area (Å²) < 4.78 is 0. The van der Waals surface area contributed by atoms with E-state index in [2.05, 4.69) is 36.1 Å². The number of benzene rings is 2. The van der Waals surface area contributed by atoms with Gasteiger partial charge in [-0.15, -0.1) is 0 Å². The molecular formula is C17H13Cl. The first-order valence-corrected chi connectivity index (χ1v) is 6.53. The minimum absolute atomic E-state index is 0.457. The van der Waals surface area contributed by atoms with Crippen molar-refractivity contribution in [3.05, 3.63) is 70.2 Å².